The van der Waals surface area contributed by atoms with Gasteiger partial charge in [-0.1, -0.05) is 24.3 Å². The fourth-order valence-electron chi connectivity index (χ4n) is 4.18. The second kappa shape index (κ2) is 6.87. The summed E-state index contributed by atoms with van der Waals surface area (Å²) in [5.41, 5.74) is 2.60. The average Bonchev–Trinajstić information content (AvgIpc) is 3.42. The summed E-state index contributed by atoms with van der Waals surface area (Å²) in [6.45, 7) is 3.25. The number of rotatable bonds is 2. The number of carbonyl (C=O) groups excluding carboxylic acids is 2. The molecule has 0 radical (unpaired) electrons. The largest absolute Gasteiger partial charge is 0.376 e. The van der Waals surface area contributed by atoms with Gasteiger partial charge in [-0.2, -0.15) is 0 Å². The molecule has 2 saturated heterocycles. The van der Waals surface area contributed by atoms with Crippen molar-refractivity contribution < 1.29 is 14.3 Å². The van der Waals surface area contributed by atoms with E-state index in [-0.39, 0.29) is 23.7 Å². The highest BCUT2D eigenvalue weighted by molar-refractivity contribution is 5.93. The molecule has 2 fully saturated rings. The molecule has 1 aromatic heterocycles. The fraction of sp³-hybridized carbons (Fsp3) is 0.400. The van der Waals surface area contributed by atoms with Crippen LogP contribution in [0.15, 0.2) is 36.4 Å². The van der Waals surface area contributed by atoms with Crippen molar-refractivity contribution in [3.05, 3.63) is 53.2 Å². The fourth-order valence-corrected chi connectivity index (χ4v) is 4.18. The van der Waals surface area contributed by atoms with Crippen LogP contribution in [-0.2, 0) is 17.8 Å². The van der Waals surface area contributed by atoms with Crippen LogP contribution in [0.1, 0.15) is 28.0 Å². The van der Waals surface area contributed by atoms with Gasteiger partial charge in [0.2, 0.25) is 0 Å². The third kappa shape index (κ3) is 3.09. The molecule has 3 aliphatic rings. The Hall–Kier alpha value is -3.00. The van der Waals surface area contributed by atoms with Gasteiger partial charge < -0.3 is 14.5 Å². The topological polar surface area (TPSA) is 87.7 Å². The maximum atomic E-state index is 12.6. The Labute approximate surface area is 162 Å². The summed E-state index contributed by atoms with van der Waals surface area (Å²) in [5, 5.41) is 10.8. The summed E-state index contributed by atoms with van der Waals surface area (Å²) in [4.78, 5) is 28.6. The molecule has 1 aromatic carbocycles. The molecule has 1 N–H and O–H groups in total. The van der Waals surface area contributed by atoms with E-state index in [2.05, 4.69) is 15.5 Å². The number of fused-ring (bicyclic) bond motifs is 2. The van der Waals surface area contributed by atoms with Crippen molar-refractivity contribution in [1.29, 1.82) is 0 Å². The van der Waals surface area contributed by atoms with Gasteiger partial charge in [-0.15, -0.1) is 10.2 Å². The number of aromatic nitrogens is 2. The Morgan fingerprint density at radius 3 is 2.46 bits per heavy atom. The third-order valence-corrected chi connectivity index (χ3v) is 5.74. The highest BCUT2D eigenvalue weighted by Gasteiger charge is 2.39. The number of anilines is 1. The zero-order valence-electron chi connectivity index (χ0n) is 15.4. The molecule has 2 unspecified atom stereocenters. The van der Waals surface area contributed by atoms with Crippen molar-refractivity contribution in [3.8, 4) is 0 Å². The van der Waals surface area contributed by atoms with Gasteiger partial charge in [-0.05, 0) is 29.7 Å². The second-order valence-corrected chi connectivity index (χ2v) is 7.53. The van der Waals surface area contributed by atoms with Gasteiger partial charge in [0.05, 0.1) is 6.10 Å². The number of carbonyl (C=O) groups is 2. The van der Waals surface area contributed by atoms with E-state index in [0.717, 1.165) is 24.2 Å². The van der Waals surface area contributed by atoms with Crippen LogP contribution in [0.25, 0.3) is 0 Å². The van der Waals surface area contributed by atoms with E-state index in [4.69, 9.17) is 4.74 Å². The molecule has 3 amide bonds. The van der Waals surface area contributed by atoms with Crippen LogP contribution in [0, 0.1) is 5.92 Å². The predicted octanol–water partition coefficient (Wildman–Crippen LogP) is 1.89. The Morgan fingerprint density at radius 1 is 1.00 bits per heavy atom. The molecule has 0 spiro atoms. The molecule has 8 heteroatoms. The molecule has 2 atom stereocenters. The first-order chi connectivity index (χ1) is 13.7. The number of likely N-dealkylation sites (tertiary alicyclic amines) is 1. The minimum absolute atomic E-state index is 0.140. The molecule has 2 aromatic rings. The van der Waals surface area contributed by atoms with Gasteiger partial charge in [0, 0.05) is 38.7 Å². The van der Waals surface area contributed by atoms with E-state index in [1.165, 1.54) is 0 Å². The number of benzene rings is 1. The maximum absolute atomic E-state index is 12.6. The van der Waals surface area contributed by atoms with Gasteiger partial charge in [0.15, 0.2) is 11.5 Å². The quantitative estimate of drug-likeness (QED) is 0.861. The highest BCUT2D eigenvalue weighted by atomic mass is 16.5. The van der Waals surface area contributed by atoms with Gasteiger partial charge in [0.25, 0.3) is 5.91 Å². The van der Waals surface area contributed by atoms with E-state index < -0.39 is 0 Å². The van der Waals surface area contributed by atoms with Gasteiger partial charge in [-0.3, -0.25) is 10.1 Å². The summed E-state index contributed by atoms with van der Waals surface area (Å²) >= 11 is 0. The number of nitrogens with zero attached hydrogens (tertiary/aromatic N) is 4. The van der Waals surface area contributed by atoms with Crippen molar-refractivity contribution in [2.45, 2.75) is 25.6 Å². The smallest absolute Gasteiger partial charge is 0.323 e. The number of ether oxygens (including phenoxy) is 1. The van der Waals surface area contributed by atoms with Crippen LogP contribution in [0.5, 0.6) is 0 Å². The summed E-state index contributed by atoms with van der Waals surface area (Å²) in [6, 6.07) is 11.0. The standard InChI is InChI=1S/C20H21N5O3/c26-19(24-11-15-7-8-28-17(15)12-24)16-5-6-18(23-22-16)21-20(27)25-9-13-3-1-2-4-14(13)10-25/h1-6,15,17H,7-12H2,(H,21,23,27). The van der Waals surface area contributed by atoms with E-state index in [1.54, 1.807) is 21.9 Å². The monoisotopic (exact) mass is 379 g/mol. The van der Waals surface area contributed by atoms with Crippen molar-refractivity contribution >= 4 is 17.8 Å². The number of nitrogens with one attached hydrogen (secondary N) is 1. The summed E-state index contributed by atoms with van der Waals surface area (Å²) in [7, 11) is 0. The van der Waals surface area contributed by atoms with Crippen LogP contribution in [0.2, 0.25) is 0 Å². The molecule has 28 heavy (non-hydrogen) atoms. The van der Waals surface area contributed by atoms with Gasteiger partial charge in [0.1, 0.15) is 0 Å². The molecule has 5 rings (SSSR count). The Morgan fingerprint density at radius 2 is 1.79 bits per heavy atom. The number of hydrogen-bond donors (Lipinski definition) is 1. The maximum Gasteiger partial charge on any atom is 0.323 e. The minimum Gasteiger partial charge on any atom is -0.376 e. The Bertz CT molecular complexity index is 879. The van der Waals surface area contributed by atoms with Crippen LogP contribution >= 0.6 is 0 Å². The Kier molecular flexibility index (Phi) is 4.20. The molecule has 0 saturated carbocycles. The number of amides is 3. The van der Waals surface area contributed by atoms with E-state index >= 15 is 0 Å². The predicted molar refractivity (Wildman–Crippen MR) is 100 cm³/mol. The van der Waals surface area contributed by atoms with Crippen LogP contribution in [0.4, 0.5) is 10.6 Å². The first-order valence-electron chi connectivity index (χ1n) is 9.55. The molecular weight excluding hydrogens is 358 g/mol. The van der Waals surface area contributed by atoms with Crippen molar-refractivity contribution in [2.75, 3.05) is 25.0 Å². The summed E-state index contributed by atoms with van der Waals surface area (Å²) in [6.07, 6.45) is 1.16. The van der Waals surface area contributed by atoms with Crippen LogP contribution in [-0.4, -0.2) is 57.7 Å². The average molecular weight is 379 g/mol. The lowest BCUT2D eigenvalue weighted by Crippen LogP contribution is -2.32. The molecule has 3 aliphatic heterocycles. The molecule has 0 aliphatic carbocycles. The Balaban J connectivity index is 1.20. The normalized spacial score (nSPS) is 22.9. The summed E-state index contributed by atoms with van der Waals surface area (Å²) < 4.78 is 5.65. The van der Waals surface area contributed by atoms with E-state index in [0.29, 0.717) is 37.9 Å². The first-order valence-corrected chi connectivity index (χ1v) is 9.55. The lowest BCUT2D eigenvalue weighted by molar-refractivity contribution is 0.0690. The molecular formula is C20H21N5O3. The number of urea groups is 1. The molecule has 4 heterocycles. The SMILES string of the molecule is O=C(Nc1ccc(C(=O)N2CC3CCOC3C2)nn1)N1Cc2ccccc2C1. The van der Waals surface area contributed by atoms with Gasteiger partial charge in [-0.25, -0.2) is 4.79 Å². The zero-order chi connectivity index (χ0) is 19.1. The van der Waals surface area contributed by atoms with E-state index in [9.17, 15) is 9.59 Å². The summed E-state index contributed by atoms with van der Waals surface area (Å²) in [5.74, 6) is 0.623. The number of hydrogen-bond acceptors (Lipinski definition) is 5. The van der Waals surface area contributed by atoms with Crippen molar-refractivity contribution in [2.24, 2.45) is 5.92 Å². The van der Waals surface area contributed by atoms with Crippen molar-refractivity contribution in [3.63, 3.8) is 0 Å². The lowest BCUT2D eigenvalue weighted by atomic mass is 10.1. The second-order valence-electron chi connectivity index (χ2n) is 7.53. The molecule has 0 bridgehead atoms. The first kappa shape index (κ1) is 17.1. The highest BCUT2D eigenvalue weighted by Crippen LogP contribution is 2.29. The zero-order valence-corrected chi connectivity index (χ0v) is 15.4. The third-order valence-electron chi connectivity index (χ3n) is 5.74. The van der Waals surface area contributed by atoms with Gasteiger partial charge >= 0.3 is 6.03 Å². The molecule has 8 nitrogen and oxygen atoms in total. The lowest BCUT2D eigenvalue weighted by Gasteiger charge is -2.17. The van der Waals surface area contributed by atoms with Crippen molar-refractivity contribution in [1.82, 2.24) is 20.0 Å². The minimum atomic E-state index is -0.228. The van der Waals surface area contributed by atoms with E-state index in [1.807, 2.05) is 24.3 Å². The van der Waals surface area contributed by atoms with Crippen LogP contribution in [0.3, 0.4) is 0 Å². The van der Waals surface area contributed by atoms with Crippen LogP contribution < -0.4 is 5.32 Å². The molecule has 144 valence electrons.